The molecule has 0 aliphatic rings. The molecule has 0 saturated carbocycles. The molecule has 0 fully saturated rings. The molecule has 0 aliphatic carbocycles. The van der Waals surface area contributed by atoms with Crippen molar-refractivity contribution in [3.63, 3.8) is 0 Å². The first kappa shape index (κ1) is 16.2. The lowest BCUT2D eigenvalue weighted by Crippen LogP contribution is -1.81. The van der Waals surface area contributed by atoms with Gasteiger partial charge in [0.2, 0.25) is 0 Å². The van der Waals surface area contributed by atoms with Crippen LogP contribution < -0.4 is 0 Å². The molecule has 0 bridgehead atoms. The molecule has 2 nitrogen and oxygen atoms in total. The third kappa shape index (κ3) is 15.2. The summed E-state index contributed by atoms with van der Waals surface area (Å²) in [5.74, 6) is 0. The predicted molar refractivity (Wildman–Crippen MR) is 72.8 cm³/mol. The van der Waals surface area contributed by atoms with Gasteiger partial charge in [0.1, 0.15) is 0 Å². The summed E-state index contributed by atoms with van der Waals surface area (Å²) in [6, 6.07) is 0. The van der Waals surface area contributed by atoms with Gasteiger partial charge in [-0.1, -0.05) is 64.7 Å². The quantitative estimate of drug-likeness (QED) is 0.258. The van der Waals surface area contributed by atoms with E-state index in [2.05, 4.69) is 11.7 Å². The van der Waals surface area contributed by atoms with E-state index in [1.54, 1.807) is 0 Å². The highest BCUT2D eigenvalue weighted by Crippen LogP contribution is 2.11. The van der Waals surface area contributed by atoms with Crippen LogP contribution in [0.3, 0.4) is 0 Å². The van der Waals surface area contributed by atoms with Crippen LogP contribution in [-0.4, -0.2) is 6.47 Å². The molecule has 0 aromatic heterocycles. The molecular weight excluding hydrogens is 212 g/mol. The number of unbranched alkanes of at least 4 members (excludes halogenated alkanes) is 10. The van der Waals surface area contributed by atoms with E-state index < -0.39 is 0 Å². The van der Waals surface area contributed by atoms with Gasteiger partial charge in [-0.25, -0.2) is 0 Å². The molecule has 0 rings (SSSR count). The van der Waals surface area contributed by atoms with Gasteiger partial charge in [0.05, 0.1) is 6.26 Å². The molecule has 0 aromatic carbocycles. The van der Waals surface area contributed by atoms with Crippen molar-refractivity contribution in [1.82, 2.24) is 0 Å². The molecule has 17 heavy (non-hydrogen) atoms. The van der Waals surface area contributed by atoms with Gasteiger partial charge in [-0.3, -0.25) is 4.79 Å². The zero-order chi connectivity index (χ0) is 12.6. The van der Waals surface area contributed by atoms with Crippen LogP contribution in [0.25, 0.3) is 0 Å². The second kappa shape index (κ2) is 15.2. The molecule has 0 heterocycles. The van der Waals surface area contributed by atoms with Crippen molar-refractivity contribution < 1.29 is 9.53 Å². The van der Waals surface area contributed by atoms with Crippen LogP contribution in [0.2, 0.25) is 0 Å². The van der Waals surface area contributed by atoms with Crippen LogP contribution in [0.15, 0.2) is 12.3 Å². The Morgan fingerprint density at radius 2 is 1.35 bits per heavy atom. The minimum absolute atomic E-state index is 0.453. The Hall–Kier alpha value is -0.790. The van der Waals surface area contributed by atoms with Crippen molar-refractivity contribution in [2.75, 3.05) is 0 Å². The van der Waals surface area contributed by atoms with E-state index in [-0.39, 0.29) is 0 Å². The summed E-state index contributed by atoms with van der Waals surface area (Å²) in [6.07, 6.45) is 18.0. The Morgan fingerprint density at radius 3 is 1.88 bits per heavy atom. The van der Waals surface area contributed by atoms with Gasteiger partial charge in [0.15, 0.2) is 0 Å². The lowest BCUT2D eigenvalue weighted by atomic mass is 10.1. The van der Waals surface area contributed by atoms with E-state index in [0.29, 0.717) is 6.47 Å². The zero-order valence-corrected chi connectivity index (χ0v) is 11.3. The molecule has 0 atom stereocenters. The summed E-state index contributed by atoms with van der Waals surface area (Å²) >= 11 is 0. The lowest BCUT2D eigenvalue weighted by molar-refractivity contribution is -0.123. The predicted octanol–water partition coefficient (Wildman–Crippen LogP) is 4.98. The molecule has 0 radical (unpaired) electrons. The molecular formula is C15H28O2. The van der Waals surface area contributed by atoms with E-state index in [4.69, 9.17) is 0 Å². The molecule has 0 aromatic rings. The minimum atomic E-state index is 0.453. The normalized spacial score (nSPS) is 10.9. The fraction of sp³-hybridized carbons (Fsp3) is 0.800. The lowest BCUT2D eigenvalue weighted by Gasteiger charge is -2.01. The summed E-state index contributed by atoms with van der Waals surface area (Å²) in [5, 5.41) is 0. The highest BCUT2D eigenvalue weighted by molar-refractivity contribution is 5.38. The smallest absolute Gasteiger partial charge is 0.297 e. The second-order valence-electron chi connectivity index (χ2n) is 4.57. The van der Waals surface area contributed by atoms with Gasteiger partial charge in [-0.2, -0.15) is 0 Å². The average molecular weight is 240 g/mol. The third-order valence-corrected chi connectivity index (χ3v) is 2.95. The molecule has 100 valence electrons. The number of hydrogen-bond acceptors (Lipinski definition) is 2. The molecule has 0 amide bonds. The maximum atomic E-state index is 9.83. The van der Waals surface area contributed by atoms with E-state index in [9.17, 15) is 4.79 Å². The third-order valence-electron chi connectivity index (χ3n) is 2.95. The molecule has 0 N–H and O–H groups in total. The van der Waals surface area contributed by atoms with Crippen LogP contribution in [0.5, 0.6) is 0 Å². The number of rotatable bonds is 13. The number of allylic oxidation sites excluding steroid dienone is 1. The number of carbonyl (C=O) groups excluding carboxylic acids is 1. The molecule has 0 aliphatic heterocycles. The maximum absolute atomic E-state index is 9.83. The van der Waals surface area contributed by atoms with Crippen LogP contribution in [-0.2, 0) is 9.53 Å². The first-order valence-electron chi connectivity index (χ1n) is 7.16. The zero-order valence-electron chi connectivity index (χ0n) is 11.3. The highest BCUT2D eigenvalue weighted by Gasteiger charge is 1.91. The minimum Gasteiger partial charge on any atom is -0.437 e. The number of carbonyl (C=O) groups is 1. The van der Waals surface area contributed by atoms with Gasteiger partial charge in [-0.15, -0.1) is 0 Å². The summed E-state index contributed by atoms with van der Waals surface area (Å²) < 4.78 is 4.46. The topological polar surface area (TPSA) is 26.3 Å². The molecule has 0 saturated heterocycles. The number of hydrogen-bond donors (Lipinski definition) is 0. The van der Waals surface area contributed by atoms with Crippen molar-refractivity contribution in [3.8, 4) is 0 Å². The van der Waals surface area contributed by atoms with Crippen LogP contribution >= 0.6 is 0 Å². The van der Waals surface area contributed by atoms with Gasteiger partial charge in [-0.05, 0) is 18.9 Å². The first-order valence-corrected chi connectivity index (χ1v) is 7.16. The van der Waals surface area contributed by atoms with E-state index in [1.165, 1.54) is 70.5 Å². The van der Waals surface area contributed by atoms with Crippen LogP contribution in [0.4, 0.5) is 0 Å². The summed E-state index contributed by atoms with van der Waals surface area (Å²) in [5.41, 5.74) is 0. The van der Waals surface area contributed by atoms with Gasteiger partial charge < -0.3 is 4.74 Å². The van der Waals surface area contributed by atoms with Crippen molar-refractivity contribution in [3.05, 3.63) is 12.3 Å². The highest BCUT2D eigenvalue weighted by atomic mass is 16.5. The summed E-state index contributed by atoms with van der Waals surface area (Å²) in [6.45, 7) is 2.71. The fourth-order valence-electron chi connectivity index (χ4n) is 1.91. The maximum Gasteiger partial charge on any atom is 0.297 e. The molecule has 0 unspecified atom stereocenters. The van der Waals surface area contributed by atoms with Crippen LogP contribution in [0.1, 0.15) is 77.6 Å². The Labute approximate surface area is 106 Å². The first-order chi connectivity index (χ1) is 8.41. The van der Waals surface area contributed by atoms with E-state index in [1.807, 2.05) is 6.08 Å². The standard InChI is InChI=1S/C15H28O2/c1-2-3-4-5-6-7-8-9-10-11-12-13-14-17-15-16/h13-15H,2-12H2,1H3. The van der Waals surface area contributed by atoms with Crippen molar-refractivity contribution in [2.24, 2.45) is 0 Å². The summed E-state index contributed by atoms with van der Waals surface area (Å²) in [7, 11) is 0. The second-order valence-corrected chi connectivity index (χ2v) is 4.57. The van der Waals surface area contributed by atoms with Crippen molar-refractivity contribution >= 4 is 6.47 Å². The SMILES string of the molecule is CCCCCCCCCCCCC=COC=O. The van der Waals surface area contributed by atoms with E-state index >= 15 is 0 Å². The van der Waals surface area contributed by atoms with Gasteiger partial charge in [0, 0.05) is 0 Å². The molecule has 0 spiro atoms. The van der Waals surface area contributed by atoms with Crippen molar-refractivity contribution in [1.29, 1.82) is 0 Å². The Morgan fingerprint density at radius 1 is 0.824 bits per heavy atom. The fourth-order valence-corrected chi connectivity index (χ4v) is 1.91. The van der Waals surface area contributed by atoms with E-state index in [0.717, 1.165) is 6.42 Å². The Kier molecular flexibility index (Phi) is 14.5. The van der Waals surface area contributed by atoms with Gasteiger partial charge >= 0.3 is 0 Å². The molecule has 2 heteroatoms. The van der Waals surface area contributed by atoms with Gasteiger partial charge in [0.25, 0.3) is 6.47 Å². The summed E-state index contributed by atoms with van der Waals surface area (Å²) in [4.78, 5) is 9.83. The van der Waals surface area contributed by atoms with Crippen molar-refractivity contribution in [2.45, 2.75) is 77.6 Å². The Balaban J connectivity index is 2.96. The Bertz CT molecular complexity index is 176. The van der Waals surface area contributed by atoms with Crippen LogP contribution in [0, 0.1) is 0 Å². The average Bonchev–Trinajstić information content (AvgIpc) is 2.35. The largest absolute Gasteiger partial charge is 0.437 e. The monoisotopic (exact) mass is 240 g/mol. The number of ether oxygens (including phenoxy) is 1.